The van der Waals surface area contributed by atoms with E-state index in [1.165, 1.54) is 0 Å². The fourth-order valence-corrected chi connectivity index (χ4v) is 4.00. The minimum Gasteiger partial charge on any atom is -0.397 e. The first-order valence-electron chi connectivity index (χ1n) is 7.09. The van der Waals surface area contributed by atoms with E-state index in [0.717, 1.165) is 5.56 Å². The number of nitrogens with one attached hydrogen (secondary N) is 1. The highest BCUT2D eigenvalue weighted by Crippen LogP contribution is 2.26. The minimum atomic E-state index is -3.64. The summed E-state index contributed by atoms with van der Waals surface area (Å²) in [4.78, 5) is 2.17. The first-order chi connectivity index (χ1) is 9.56. The predicted molar refractivity (Wildman–Crippen MR) is 87.8 cm³/mol. The quantitative estimate of drug-likeness (QED) is 0.785. The van der Waals surface area contributed by atoms with Crippen LogP contribution in [-0.2, 0) is 10.0 Å². The molecule has 0 heterocycles. The van der Waals surface area contributed by atoms with Gasteiger partial charge in [-0.05, 0) is 45.0 Å². The summed E-state index contributed by atoms with van der Waals surface area (Å²) in [6.07, 6.45) is 0. The highest BCUT2D eigenvalue weighted by Gasteiger charge is 2.26. The lowest BCUT2D eigenvalue weighted by Gasteiger charge is -2.26. The standard InChI is InChI=1S/C15H27N3O2S/c1-10(2)13(9-18(5)6)17-21(19,20)15-12(4)8-7-11(3)14(15)16/h7-8,10,13,17H,9,16H2,1-6H3. The zero-order valence-electron chi connectivity index (χ0n) is 13.8. The lowest BCUT2D eigenvalue weighted by Crippen LogP contribution is -2.45. The van der Waals surface area contributed by atoms with Gasteiger partial charge in [-0.2, -0.15) is 0 Å². The van der Waals surface area contributed by atoms with Crippen LogP contribution in [-0.4, -0.2) is 40.0 Å². The van der Waals surface area contributed by atoms with Gasteiger partial charge in [0.1, 0.15) is 4.90 Å². The van der Waals surface area contributed by atoms with E-state index in [0.29, 0.717) is 17.8 Å². The van der Waals surface area contributed by atoms with Crippen LogP contribution >= 0.6 is 0 Å². The van der Waals surface area contributed by atoms with Crippen molar-refractivity contribution in [2.45, 2.75) is 38.6 Å². The number of nitrogen functional groups attached to an aromatic ring is 1. The Bertz CT molecular complexity index is 595. The molecule has 5 nitrogen and oxygen atoms in total. The van der Waals surface area contributed by atoms with Gasteiger partial charge < -0.3 is 10.6 Å². The molecule has 0 amide bonds. The van der Waals surface area contributed by atoms with Gasteiger partial charge in [0, 0.05) is 12.6 Å². The minimum absolute atomic E-state index is 0.163. The van der Waals surface area contributed by atoms with Crippen molar-refractivity contribution in [1.82, 2.24) is 9.62 Å². The summed E-state index contributed by atoms with van der Waals surface area (Å²) in [5.74, 6) is 0.188. The van der Waals surface area contributed by atoms with Crippen molar-refractivity contribution >= 4 is 15.7 Å². The number of benzene rings is 1. The number of nitrogens with zero attached hydrogens (tertiary/aromatic N) is 1. The van der Waals surface area contributed by atoms with Crippen molar-refractivity contribution in [3.8, 4) is 0 Å². The topological polar surface area (TPSA) is 75.4 Å². The molecular formula is C15H27N3O2S. The van der Waals surface area contributed by atoms with E-state index in [-0.39, 0.29) is 16.9 Å². The molecule has 0 bridgehead atoms. The Hall–Kier alpha value is -1.11. The fraction of sp³-hybridized carbons (Fsp3) is 0.600. The van der Waals surface area contributed by atoms with Gasteiger partial charge in [-0.15, -0.1) is 0 Å². The zero-order valence-corrected chi connectivity index (χ0v) is 14.6. The van der Waals surface area contributed by atoms with Crippen LogP contribution in [0.3, 0.4) is 0 Å². The van der Waals surface area contributed by atoms with Crippen LogP contribution in [0.2, 0.25) is 0 Å². The van der Waals surface area contributed by atoms with Gasteiger partial charge in [-0.1, -0.05) is 26.0 Å². The van der Waals surface area contributed by atoms with Crippen molar-refractivity contribution < 1.29 is 8.42 Å². The molecule has 0 saturated carbocycles. The number of likely N-dealkylation sites (N-methyl/N-ethyl adjacent to an activating group) is 1. The number of hydrogen-bond acceptors (Lipinski definition) is 4. The summed E-state index contributed by atoms with van der Waals surface area (Å²) in [6.45, 7) is 8.22. The van der Waals surface area contributed by atoms with Gasteiger partial charge >= 0.3 is 0 Å². The van der Waals surface area contributed by atoms with Gasteiger partial charge in [-0.25, -0.2) is 13.1 Å². The number of aryl methyl sites for hydroxylation is 2. The third kappa shape index (κ3) is 4.43. The van der Waals surface area contributed by atoms with Crippen molar-refractivity contribution in [3.63, 3.8) is 0 Å². The molecule has 21 heavy (non-hydrogen) atoms. The van der Waals surface area contributed by atoms with Gasteiger partial charge in [0.25, 0.3) is 0 Å². The number of sulfonamides is 1. The maximum absolute atomic E-state index is 12.7. The van der Waals surface area contributed by atoms with Crippen LogP contribution in [0.15, 0.2) is 17.0 Å². The molecule has 1 unspecified atom stereocenters. The summed E-state index contributed by atoms with van der Waals surface area (Å²) in [5.41, 5.74) is 7.76. The van der Waals surface area contributed by atoms with Crippen molar-refractivity contribution in [1.29, 1.82) is 0 Å². The second-order valence-corrected chi connectivity index (χ2v) is 7.83. The SMILES string of the molecule is Cc1ccc(C)c(S(=O)(=O)NC(CN(C)C)C(C)C)c1N. The van der Waals surface area contributed by atoms with Crippen molar-refractivity contribution in [2.24, 2.45) is 5.92 Å². The average molecular weight is 313 g/mol. The predicted octanol–water partition coefficient (Wildman–Crippen LogP) is 1.75. The van der Waals surface area contributed by atoms with Gasteiger partial charge in [0.15, 0.2) is 0 Å². The smallest absolute Gasteiger partial charge is 0.243 e. The lowest BCUT2D eigenvalue weighted by molar-refractivity contribution is 0.314. The summed E-state index contributed by atoms with van der Waals surface area (Å²) < 4.78 is 28.2. The van der Waals surface area contributed by atoms with E-state index in [1.54, 1.807) is 13.0 Å². The molecule has 0 fully saturated rings. The first-order valence-corrected chi connectivity index (χ1v) is 8.57. The molecule has 0 aliphatic carbocycles. The second-order valence-electron chi connectivity index (χ2n) is 6.18. The number of nitrogens with two attached hydrogens (primary N) is 1. The molecule has 0 spiro atoms. The molecule has 0 aliphatic rings. The third-order valence-electron chi connectivity index (χ3n) is 3.55. The first kappa shape index (κ1) is 17.9. The normalized spacial score (nSPS) is 13.9. The van der Waals surface area contributed by atoms with Crippen LogP contribution in [0.1, 0.15) is 25.0 Å². The highest BCUT2D eigenvalue weighted by atomic mass is 32.2. The van der Waals surface area contributed by atoms with Crippen LogP contribution in [0.5, 0.6) is 0 Å². The molecule has 0 saturated heterocycles. The Morgan fingerprint density at radius 2 is 1.71 bits per heavy atom. The molecule has 1 aromatic carbocycles. The molecule has 0 aliphatic heterocycles. The molecular weight excluding hydrogens is 286 g/mol. The maximum Gasteiger partial charge on any atom is 0.243 e. The van der Waals surface area contributed by atoms with E-state index in [4.69, 9.17) is 5.73 Å². The van der Waals surface area contributed by atoms with E-state index in [9.17, 15) is 8.42 Å². The second kappa shape index (κ2) is 6.77. The zero-order chi connectivity index (χ0) is 16.4. The molecule has 1 atom stereocenters. The van der Waals surface area contributed by atoms with Crippen LogP contribution < -0.4 is 10.5 Å². The third-order valence-corrected chi connectivity index (χ3v) is 5.25. The Labute approximate surface area is 128 Å². The monoisotopic (exact) mass is 313 g/mol. The number of hydrogen-bond donors (Lipinski definition) is 2. The summed E-state index contributed by atoms with van der Waals surface area (Å²) >= 11 is 0. The van der Waals surface area contributed by atoms with E-state index in [1.807, 2.05) is 45.8 Å². The van der Waals surface area contributed by atoms with Crippen LogP contribution in [0.25, 0.3) is 0 Å². The Morgan fingerprint density at radius 3 is 2.19 bits per heavy atom. The summed E-state index contributed by atoms with van der Waals surface area (Å²) in [5, 5.41) is 0. The molecule has 3 N–H and O–H groups in total. The Morgan fingerprint density at radius 1 is 1.19 bits per heavy atom. The largest absolute Gasteiger partial charge is 0.397 e. The van der Waals surface area contributed by atoms with Crippen molar-refractivity contribution in [3.05, 3.63) is 23.3 Å². The lowest BCUT2D eigenvalue weighted by atomic mass is 10.1. The molecule has 1 rings (SSSR count). The highest BCUT2D eigenvalue weighted by molar-refractivity contribution is 7.89. The van der Waals surface area contributed by atoms with E-state index < -0.39 is 10.0 Å². The maximum atomic E-state index is 12.7. The van der Waals surface area contributed by atoms with Gasteiger partial charge in [-0.3, -0.25) is 0 Å². The van der Waals surface area contributed by atoms with Crippen LogP contribution in [0, 0.1) is 19.8 Å². The molecule has 0 radical (unpaired) electrons. The number of anilines is 1. The molecule has 0 aromatic heterocycles. The van der Waals surface area contributed by atoms with Crippen molar-refractivity contribution in [2.75, 3.05) is 26.4 Å². The molecule has 1 aromatic rings. The number of rotatable bonds is 6. The summed E-state index contributed by atoms with van der Waals surface area (Å²) in [6, 6.07) is 3.46. The Kier molecular flexibility index (Phi) is 5.78. The van der Waals surface area contributed by atoms with Gasteiger partial charge in [0.2, 0.25) is 10.0 Å². The Balaban J connectivity index is 3.20. The fourth-order valence-electron chi connectivity index (χ4n) is 2.20. The van der Waals surface area contributed by atoms with Gasteiger partial charge in [0.05, 0.1) is 5.69 Å². The molecule has 120 valence electrons. The molecule has 6 heteroatoms. The van der Waals surface area contributed by atoms with E-state index >= 15 is 0 Å². The summed E-state index contributed by atoms with van der Waals surface area (Å²) in [7, 11) is 0.217. The van der Waals surface area contributed by atoms with Crippen LogP contribution in [0.4, 0.5) is 5.69 Å². The van der Waals surface area contributed by atoms with E-state index in [2.05, 4.69) is 4.72 Å². The average Bonchev–Trinajstić information content (AvgIpc) is 2.32.